The minimum absolute atomic E-state index is 0.121. The van der Waals surface area contributed by atoms with Crippen LogP contribution < -0.4 is 25.0 Å². The topological polar surface area (TPSA) is 124 Å². The third-order valence-electron chi connectivity index (χ3n) is 6.24. The Labute approximate surface area is 244 Å². The second-order valence-corrected chi connectivity index (χ2v) is 9.45. The van der Waals surface area contributed by atoms with E-state index in [1.165, 1.54) is 23.7 Å². The van der Waals surface area contributed by atoms with Gasteiger partial charge in [-0.1, -0.05) is 54.6 Å². The van der Waals surface area contributed by atoms with Crippen molar-refractivity contribution in [3.05, 3.63) is 115 Å². The molecule has 10 heteroatoms. The molecule has 0 atom stereocenters. The Kier molecular flexibility index (Phi) is 10.5. The molecule has 4 rings (SSSR count). The number of aromatic nitrogens is 1. The molecule has 3 aromatic carbocycles. The third-order valence-corrected chi connectivity index (χ3v) is 6.24. The van der Waals surface area contributed by atoms with E-state index in [9.17, 15) is 19.5 Å². The maximum Gasteiger partial charge on any atom is 0.414 e. The summed E-state index contributed by atoms with van der Waals surface area (Å²) in [5, 5.41) is 16.2. The number of nitrogens with one attached hydrogen (secondary N) is 2. The van der Waals surface area contributed by atoms with E-state index in [2.05, 4.69) is 34.9 Å². The van der Waals surface area contributed by atoms with Crippen LogP contribution in [0.5, 0.6) is 5.75 Å². The van der Waals surface area contributed by atoms with Gasteiger partial charge in [0, 0.05) is 30.8 Å². The first-order valence-electron chi connectivity index (χ1n) is 13.3. The molecule has 0 saturated carbocycles. The lowest BCUT2D eigenvalue weighted by atomic mass is 9.98. The Bertz CT molecular complexity index is 1490. The van der Waals surface area contributed by atoms with Gasteiger partial charge in [0.1, 0.15) is 5.75 Å². The van der Waals surface area contributed by atoms with E-state index < -0.39 is 18.6 Å². The van der Waals surface area contributed by atoms with Crippen LogP contribution in [0.25, 0.3) is 11.1 Å². The molecule has 1 heterocycles. The highest BCUT2D eigenvalue weighted by Gasteiger charge is 2.13. The Morgan fingerprint density at radius 1 is 0.905 bits per heavy atom. The van der Waals surface area contributed by atoms with E-state index in [1.807, 2.05) is 48.5 Å². The van der Waals surface area contributed by atoms with Crippen LogP contribution in [0.3, 0.4) is 0 Å². The summed E-state index contributed by atoms with van der Waals surface area (Å²) in [4.78, 5) is 35.8. The highest BCUT2D eigenvalue weighted by atomic mass is 16.6. The lowest BCUT2D eigenvalue weighted by Crippen LogP contribution is -2.42. The van der Waals surface area contributed by atoms with Crippen molar-refractivity contribution in [3.8, 4) is 16.9 Å². The molecule has 0 unspecified atom stereocenters. The van der Waals surface area contributed by atoms with Crippen LogP contribution in [-0.2, 0) is 29.2 Å². The van der Waals surface area contributed by atoms with E-state index >= 15 is 0 Å². The molecule has 42 heavy (non-hydrogen) atoms. The first-order valence-corrected chi connectivity index (χ1v) is 13.3. The number of pyridine rings is 1. The molecule has 0 aliphatic heterocycles. The second kappa shape index (κ2) is 14.8. The number of hydrogen-bond acceptors (Lipinski definition) is 6. The van der Waals surface area contributed by atoms with Crippen LogP contribution in [-0.4, -0.2) is 43.2 Å². The number of anilines is 1. The van der Waals surface area contributed by atoms with Gasteiger partial charge in [-0.3, -0.25) is 0 Å². The summed E-state index contributed by atoms with van der Waals surface area (Å²) in [5.74, 6) is -0.673. The average molecular weight is 569 g/mol. The molecular formula is C32H32N4O6. The fourth-order valence-corrected chi connectivity index (χ4v) is 4.17. The normalized spacial score (nSPS) is 10.4. The summed E-state index contributed by atoms with van der Waals surface area (Å²) < 4.78 is 12.6. The first kappa shape index (κ1) is 29.6. The Morgan fingerprint density at radius 3 is 2.40 bits per heavy atom. The van der Waals surface area contributed by atoms with Gasteiger partial charge in [0.05, 0.1) is 25.7 Å². The van der Waals surface area contributed by atoms with Crippen molar-refractivity contribution in [3.63, 3.8) is 0 Å². The molecule has 10 nitrogen and oxygen atoms in total. The van der Waals surface area contributed by atoms with Crippen molar-refractivity contribution in [1.29, 1.82) is 0 Å². The molecular weight excluding hydrogens is 536 g/mol. The third kappa shape index (κ3) is 9.09. The Hall–Kier alpha value is -5.38. The molecule has 3 amide bonds. The zero-order chi connectivity index (χ0) is 29.7. The zero-order valence-corrected chi connectivity index (χ0v) is 23.2. The van der Waals surface area contributed by atoms with Crippen LogP contribution in [0.15, 0.2) is 103 Å². The molecule has 0 spiro atoms. The van der Waals surface area contributed by atoms with Crippen molar-refractivity contribution in [2.24, 2.45) is 0 Å². The summed E-state index contributed by atoms with van der Waals surface area (Å²) in [6.07, 6.45) is 3.35. The van der Waals surface area contributed by atoms with Gasteiger partial charge in [-0.25, -0.2) is 9.59 Å². The van der Waals surface area contributed by atoms with Gasteiger partial charge < -0.3 is 34.9 Å². The number of hydrogen-bond donors (Lipinski definition) is 2. The van der Waals surface area contributed by atoms with Gasteiger partial charge in [-0.05, 0) is 47.0 Å². The predicted octanol–water partition coefficient (Wildman–Crippen LogP) is 3.36. The van der Waals surface area contributed by atoms with Gasteiger partial charge in [-0.2, -0.15) is 4.57 Å². The van der Waals surface area contributed by atoms with Crippen LogP contribution in [0, 0.1) is 0 Å². The van der Waals surface area contributed by atoms with Crippen LogP contribution in [0.2, 0.25) is 0 Å². The molecule has 0 bridgehead atoms. The molecule has 0 aliphatic carbocycles. The Morgan fingerprint density at radius 2 is 1.64 bits per heavy atom. The van der Waals surface area contributed by atoms with Crippen molar-refractivity contribution in [1.82, 2.24) is 10.2 Å². The average Bonchev–Trinajstić information content (AvgIpc) is 3.00. The first-order chi connectivity index (χ1) is 20.4. The van der Waals surface area contributed by atoms with Gasteiger partial charge in [0.15, 0.2) is 12.4 Å². The van der Waals surface area contributed by atoms with Crippen molar-refractivity contribution in [2.45, 2.75) is 19.7 Å². The number of carboxylic acids is 1. The fourth-order valence-electron chi connectivity index (χ4n) is 4.17. The number of aliphatic carboxylic acids is 1. The quantitative estimate of drug-likeness (QED) is 0.253. The number of likely N-dealkylation sites (N-methyl/N-ethyl adjacent to an activating group) is 1. The molecule has 4 aromatic rings. The Balaban J connectivity index is 1.20. The monoisotopic (exact) mass is 568 g/mol. The van der Waals surface area contributed by atoms with E-state index in [0.29, 0.717) is 18.0 Å². The lowest BCUT2D eigenvalue weighted by Gasteiger charge is -2.15. The number of ether oxygens (including phenoxy) is 2. The molecule has 0 saturated heterocycles. The zero-order valence-electron chi connectivity index (χ0n) is 23.2. The minimum Gasteiger partial charge on any atom is -0.548 e. The maximum atomic E-state index is 12.4. The van der Waals surface area contributed by atoms with Crippen LogP contribution in [0.1, 0.15) is 11.1 Å². The van der Waals surface area contributed by atoms with E-state index in [1.54, 1.807) is 35.2 Å². The molecule has 1 aromatic heterocycles. The van der Waals surface area contributed by atoms with E-state index in [0.717, 1.165) is 16.9 Å². The van der Waals surface area contributed by atoms with Crippen LogP contribution in [0.4, 0.5) is 15.3 Å². The maximum absolute atomic E-state index is 12.4. The SMILES string of the molecule is CN(CC(=O)[O-])C(=O)OC[n+]1cccc(CNC(=O)Nc2ccc(OCCc3ccccc3-c3ccccc3)cc2)c1. The number of benzene rings is 3. The summed E-state index contributed by atoms with van der Waals surface area (Å²) in [6.45, 7) is 0.0630. The number of carboxylic acid groups (broad SMARTS) is 1. The minimum atomic E-state index is -1.38. The predicted molar refractivity (Wildman–Crippen MR) is 154 cm³/mol. The number of rotatable bonds is 12. The summed E-state index contributed by atoms with van der Waals surface area (Å²) >= 11 is 0. The lowest BCUT2D eigenvalue weighted by molar-refractivity contribution is -0.727. The van der Waals surface area contributed by atoms with Gasteiger partial charge >= 0.3 is 12.1 Å². The fraction of sp³-hybridized carbons (Fsp3) is 0.188. The molecule has 2 N–H and O–H groups in total. The molecule has 0 aliphatic rings. The summed E-state index contributed by atoms with van der Waals surface area (Å²) in [7, 11) is 1.30. The number of urea groups is 1. The number of carbonyl (C=O) groups excluding carboxylic acids is 3. The summed E-state index contributed by atoms with van der Waals surface area (Å²) in [5.41, 5.74) is 4.97. The molecule has 0 radical (unpaired) electrons. The highest BCUT2D eigenvalue weighted by Crippen LogP contribution is 2.24. The van der Waals surface area contributed by atoms with Crippen LogP contribution >= 0.6 is 0 Å². The largest absolute Gasteiger partial charge is 0.548 e. The van der Waals surface area contributed by atoms with Crippen molar-refractivity contribution >= 4 is 23.8 Å². The van der Waals surface area contributed by atoms with Gasteiger partial charge in [0.25, 0.3) is 6.73 Å². The van der Waals surface area contributed by atoms with E-state index in [-0.39, 0.29) is 19.3 Å². The molecule has 0 fully saturated rings. The van der Waals surface area contributed by atoms with Gasteiger partial charge in [-0.15, -0.1) is 0 Å². The number of nitrogens with zero attached hydrogens (tertiary/aromatic N) is 2. The smallest absolute Gasteiger partial charge is 0.414 e. The standard InChI is InChI=1S/C32H32N4O6/c1-35(22-30(37)38)32(40)42-23-36-18-7-8-24(21-36)20-33-31(39)34-27-13-15-28(16-14-27)41-19-17-26-11-5-6-12-29(26)25-9-3-2-4-10-25/h2-16,18,21H,17,19-20,22-23H2,1H3,(H2-,33,34,37,38,39). The molecule has 216 valence electrons. The van der Waals surface area contributed by atoms with Gasteiger partial charge in [0.2, 0.25) is 0 Å². The number of carbonyl (C=O) groups is 3. The highest BCUT2D eigenvalue weighted by molar-refractivity contribution is 5.89. The van der Waals surface area contributed by atoms with E-state index in [4.69, 9.17) is 9.47 Å². The van der Waals surface area contributed by atoms with Crippen molar-refractivity contribution in [2.75, 3.05) is 25.5 Å². The second-order valence-electron chi connectivity index (χ2n) is 9.45. The number of amides is 3. The summed E-state index contributed by atoms with van der Waals surface area (Å²) in [6, 6.07) is 28.9. The van der Waals surface area contributed by atoms with Crippen molar-refractivity contribution < 1.29 is 33.5 Å².